The highest BCUT2D eigenvalue weighted by atomic mass is 14.9. The number of hydrogen-bond donors (Lipinski definition) is 2. The number of aryl methyl sites for hydroxylation is 1. The van der Waals surface area contributed by atoms with Crippen molar-refractivity contribution >= 4 is 5.82 Å². The summed E-state index contributed by atoms with van der Waals surface area (Å²) in [5, 5.41) is 3.94. The van der Waals surface area contributed by atoms with Gasteiger partial charge in [0.15, 0.2) is 0 Å². The van der Waals surface area contributed by atoms with Gasteiger partial charge in [-0.3, -0.25) is 0 Å². The topological polar surface area (TPSA) is 50.9 Å². The van der Waals surface area contributed by atoms with Crippen molar-refractivity contribution in [1.82, 2.24) is 10.3 Å². The first-order valence-electron chi connectivity index (χ1n) is 13.4. The highest BCUT2D eigenvalue weighted by Crippen LogP contribution is 2.38. The number of benzene rings is 3. The lowest BCUT2D eigenvalue weighted by Gasteiger charge is -2.37. The molecule has 1 saturated carbocycles. The van der Waals surface area contributed by atoms with Gasteiger partial charge in [-0.25, -0.2) is 4.98 Å². The van der Waals surface area contributed by atoms with E-state index in [9.17, 15) is 0 Å². The second-order valence-electron chi connectivity index (χ2n) is 10.2. The lowest BCUT2D eigenvalue weighted by Crippen LogP contribution is -2.41. The smallest absolute Gasteiger partial charge is 0.124 e. The monoisotopic (exact) mass is 475 g/mol. The Balaban J connectivity index is 1.23. The third-order valence-electron chi connectivity index (χ3n) is 7.74. The summed E-state index contributed by atoms with van der Waals surface area (Å²) >= 11 is 0. The van der Waals surface area contributed by atoms with Crippen molar-refractivity contribution in [3.63, 3.8) is 0 Å². The van der Waals surface area contributed by atoms with Crippen LogP contribution in [0.2, 0.25) is 0 Å². The predicted molar refractivity (Wildman–Crippen MR) is 151 cm³/mol. The van der Waals surface area contributed by atoms with Gasteiger partial charge in [0, 0.05) is 11.6 Å². The van der Waals surface area contributed by atoms with Crippen LogP contribution in [0.3, 0.4) is 0 Å². The molecule has 3 N–H and O–H groups in total. The molecule has 0 saturated heterocycles. The maximum Gasteiger partial charge on any atom is 0.124 e. The van der Waals surface area contributed by atoms with Crippen molar-refractivity contribution in [3.8, 4) is 11.3 Å². The van der Waals surface area contributed by atoms with E-state index in [1.165, 1.54) is 42.4 Å². The van der Waals surface area contributed by atoms with E-state index < -0.39 is 0 Å². The third-order valence-corrected chi connectivity index (χ3v) is 7.74. The third kappa shape index (κ3) is 6.41. The van der Waals surface area contributed by atoms with E-state index in [1.807, 2.05) is 18.2 Å². The Morgan fingerprint density at radius 3 is 2.19 bits per heavy atom. The number of nitrogen functional groups attached to an aromatic ring is 1. The van der Waals surface area contributed by atoms with Gasteiger partial charge in [0.1, 0.15) is 5.82 Å². The zero-order valence-electron chi connectivity index (χ0n) is 21.0. The predicted octanol–water partition coefficient (Wildman–Crippen LogP) is 7.05. The van der Waals surface area contributed by atoms with E-state index in [0.29, 0.717) is 23.7 Å². The standard InChI is InChI=1S/C33H37N3/c34-33-13-7-12-32(36-33)28-17-14-26(15-18-28)16-19-30-24-29(27-10-5-2-6-11-27)20-21-31(30)35-23-22-25-8-3-1-4-9-25/h1-15,17-18,29-31,35H,16,19-24H2,(H2,34,36). The van der Waals surface area contributed by atoms with Crippen LogP contribution < -0.4 is 11.1 Å². The molecule has 1 aliphatic carbocycles. The van der Waals surface area contributed by atoms with Crippen LogP contribution in [0, 0.1) is 5.92 Å². The molecule has 3 aromatic carbocycles. The second kappa shape index (κ2) is 12.0. The Morgan fingerprint density at radius 1 is 0.722 bits per heavy atom. The molecule has 4 aromatic rings. The van der Waals surface area contributed by atoms with Crippen LogP contribution in [0.25, 0.3) is 11.3 Å². The Labute approximate surface area is 215 Å². The SMILES string of the molecule is Nc1cccc(-c2ccc(CCC3CC(c4ccccc4)CCC3NCCc3ccccc3)cc2)n1. The Bertz CT molecular complexity index is 1200. The van der Waals surface area contributed by atoms with E-state index in [0.717, 1.165) is 30.6 Å². The summed E-state index contributed by atoms with van der Waals surface area (Å²) in [7, 11) is 0. The summed E-state index contributed by atoms with van der Waals surface area (Å²) in [5.74, 6) is 1.91. The maximum atomic E-state index is 5.87. The normalized spacial score (nSPS) is 19.7. The Kier molecular flexibility index (Phi) is 8.10. The quantitative estimate of drug-likeness (QED) is 0.273. The first-order valence-corrected chi connectivity index (χ1v) is 13.4. The molecule has 1 aromatic heterocycles. The summed E-state index contributed by atoms with van der Waals surface area (Å²) in [6, 6.07) is 37.2. The van der Waals surface area contributed by atoms with Crippen LogP contribution in [0.5, 0.6) is 0 Å². The van der Waals surface area contributed by atoms with Gasteiger partial charge in [0.2, 0.25) is 0 Å². The van der Waals surface area contributed by atoms with Crippen LogP contribution in [-0.2, 0) is 12.8 Å². The molecule has 1 heterocycles. The zero-order valence-corrected chi connectivity index (χ0v) is 21.0. The number of pyridine rings is 1. The number of nitrogens with two attached hydrogens (primary N) is 1. The molecule has 0 amide bonds. The molecule has 0 radical (unpaired) electrons. The minimum absolute atomic E-state index is 0.563. The first kappa shape index (κ1) is 24.3. The molecule has 3 nitrogen and oxygen atoms in total. The molecule has 0 aliphatic heterocycles. The van der Waals surface area contributed by atoms with E-state index in [2.05, 4.69) is 95.2 Å². The lowest BCUT2D eigenvalue weighted by molar-refractivity contribution is 0.229. The van der Waals surface area contributed by atoms with Crippen molar-refractivity contribution in [2.75, 3.05) is 12.3 Å². The number of anilines is 1. The van der Waals surface area contributed by atoms with E-state index in [1.54, 1.807) is 0 Å². The molecule has 1 aliphatic rings. The van der Waals surface area contributed by atoms with Crippen LogP contribution in [-0.4, -0.2) is 17.6 Å². The Morgan fingerprint density at radius 2 is 1.44 bits per heavy atom. The van der Waals surface area contributed by atoms with Crippen LogP contribution in [0.15, 0.2) is 103 Å². The van der Waals surface area contributed by atoms with E-state index in [-0.39, 0.29) is 0 Å². The summed E-state index contributed by atoms with van der Waals surface area (Å²) in [5.41, 5.74) is 12.2. The molecular weight excluding hydrogens is 438 g/mol. The minimum Gasteiger partial charge on any atom is -0.384 e. The highest BCUT2D eigenvalue weighted by molar-refractivity contribution is 5.61. The van der Waals surface area contributed by atoms with Crippen molar-refractivity contribution in [1.29, 1.82) is 0 Å². The molecule has 1 fully saturated rings. The first-order chi connectivity index (χ1) is 17.7. The molecular formula is C33H37N3. The molecule has 0 spiro atoms. The molecule has 36 heavy (non-hydrogen) atoms. The van der Waals surface area contributed by atoms with Crippen molar-refractivity contribution in [3.05, 3.63) is 120 Å². The molecule has 5 rings (SSSR count). The van der Waals surface area contributed by atoms with Crippen molar-refractivity contribution in [2.45, 2.75) is 50.5 Å². The summed E-state index contributed by atoms with van der Waals surface area (Å²) < 4.78 is 0. The van der Waals surface area contributed by atoms with Gasteiger partial charge in [-0.05, 0) is 85.7 Å². The summed E-state index contributed by atoms with van der Waals surface area (Å²) in [6.45, 7) is 1.04. The van der Waals surface area contributed by atoms with Crippen molar-refractivity contribution < 1.29 is 0 Å². The molecule has 3 heteroatoms. The Hall–Kier alpha value is -3.43. The average Bonchev–Trinajstić information content (AvgIpc) is 2.94. The van der Waals surface area contributed by atoms with Crippen molar-refractivity contribution in [2.24, 2.45) is 5.92 Å². The number of aromatic nitrogens is 1. The van der Waals surface area contributed by atoms with Gasteiger partial charge < -0.3 is 11.1 Å². The number of hydrogen-bond acceptors (Lipinski definition) is 3. The van der Waals surface area contributed by atoms with E-state index >= 15 is 0 Å². The van der Waals surface area contributed by atoms with Gasteiger partial charge in [-0.15, -0.1) is 0 Å². The molecule has 184 valence electrons. The average molecular weight is 476 g/mol. The number of nitrogens with one attached hydrogen (secondary N) is 1. The molecule has 3 atom stereocenters. The highest BCUT2D eigenvalue weighted by Gasteiger charge is 2.30. The van der Waals surface area contributed by atoms with E-state index in [4.69, 9.17) is 5.73 Å². The summed E-state index contributed by atoms with van der Waals surface area (Å²) in [6.07, 6.45) is 7.18. The van der Waals surface area contributed by atoms with Crippen LogP contribution in [0.1, 0.15) is 48.3 Å². The fraction of sp³-hybridized carbons (Fsp3) is 0.303. The maximum absolute atomic E-state index is 5.87. The van der Waals surface area contributed by atoms with Gasteiger partial charge in [0.05, 0.1) is 5.69 Å². The molecule has 0 bridgehead atoms. The van der Waals surface area contributed by atoms with Gasteiger partial charge in [0.25, 0.3) is 0 Å². The fourth-order valence-electron chi connectivity index (χ4n) is 5.73. The second-order valence-corrected chi connectivity index (χ2v) is 10.2. The number of rotatable bonds is 9. The van der Waals surface area contributed by atoms with Gasteiger partial charge >= 0.3 is 0 Å². The molecule has 3 unspecified atom stereocenters. The summed E-state index contributed by atoms with van der Waals surface area (Å²) in [4.78, 5) is 4.46. The lowest BCUT2D eigenvalue weighted by atomic mass is 9.73. The minimum atomic E-state index is 0.563. The van der Waals surface area contributed by atoms with Crippen LogP contribution in [0.4, 0.5) is 5.82 Å². The van der Waals surface area contributed by atoms with Gasteiger partial charge in [-0.1, -0.05) is 91.0 Å². The number of nitrogens with zero attached hydrogens (tertiary/aromatic N) is 1. The van der Waals surface area contributed by atoms with Gasteiger partial charge in [-0.2, -0.15) is 0 Å². The fourth-order valence-corrected chi connectivity index (χ4v) is 5.73. The van der Waals surface area contributed by atoms with Crippen LogP contribution >= 0.6 is 0 Å². The largest absolute Gasteiger partial charge is 0.384 e. The zero-order chi connectivity index (χ0) is 24.6.